The number of fused-ring (bicyclic) bond motifs is 1. The second-order valence-corrected chi connectivity index (χ2v) is 7.39. The van der Waals surface area contributed by atoms with Crippen molar-refractivity contribution in [2.75, 3.05) is 16.8 Å². The lowest BCUT2D eigenvalue weighted by molar-refractivity contribution is 0.0981. The lowest BCUT2D eigenvalue weighted by Crippen LogP contribution is -2.35. The predicted octanol–water partition coefficient (Wildman–Crippen LogP) is 4.38. The second-order valence-electron chi connectivity index (χ2n) is 6.96. The summed E-state index contributed by atoms with van der Waals surface area (Å²) in [6, 6.07) is 15.9. The molecule has 142 valence electrons. The molecule has 0 saturated carbocycles. The summed E-state index contributed by atoms with van der Waals surface area (Å²) in [5.41, 5.74) is 3.85. The molecular weight excluding hydrogens is 372 g/mol. The Kier molecular flexibility index (Phi) is 5.26. The van der Waals surface area contributed by atoms with Crippen molar-refractivity contribution in [3.63, 3.8) is 0 Å². The molecule has 0 radical (unpaired) electrons. The predicted molar refractivity (Wildman–Crippen MR) is 112 cm³/mol. The van der Waals surface area contributed by atoms with Crippen LogP contribution in [0.15, 0.2) is 60.9 Å². The van der Waals surface area contributed by atoms with Crippen LogP contribution in [-0.4, -0.2) is 28.5 Å². The molecule has 0 fully saturated rings. The van der Waals surface area contributed by atoms with Gasteiger partial charge in [-0.3, -0.25) is 4.79 Å². The van der Waals surface area contributed by atoms with Crippen LogP contribution in [0.4, 0.5) is 11.6 Å². The zero-order valence-electron chi connectivity index (χ0n) is 15.6. The zero-order chi connectivity index (χ0) is 19.5. The Balaban J connectivity index is 1.39. The van der Waals surface area contributed by atoms with Gasteiger partial charge in [0.2, 0.25) is 5.95 Å². The summed E-state index contributed by atoms with van der Waals surface area (Å²) in [6.07, 6.45) is 4.89. The molecule has 0 aliphatic carbocycles. The molecule has 1 amide bonds. The molecular formula is C22H21ClN4O. The van der Waals surface area contributed by atoms with E-state index in [0.29, 0.717) is 18.1 Å². The lowest BCUT2D eigenvalue weighted by atomic mass is 10.1. The van der Waals surface area contributed by atoms with Crippen molar-refractivity contribution in [2.24, 2.45) is 0 Å². The number of carbonyl (C=O) groups excluding carboxylic acids is 1. The van der Waals surface area contributed by atoms with Crippen LogP contribution in [0.25, 0.3) is 0 Å². The lowest BCUT2D eigenvalue weighted by Gasteiger charge is -2.22. The first-order valence-electron chi connectivity index (χ1n) is 9.33. The van der Waals surface area contributed by atoms with E-state index in [9.17, 15) is 4.79 Å². The molecule has 0 bridgehead atoms. The molecule has 6 heteroatoms. The minimum Gasteiger partial charge on any atom is -0.354 e. The normalized spacial score (nSPS) is 15.4. The van der Waals surface area contributed by atoms with Gasteiger partial charge in [-0.15, -0.1) is 0 Å². The van der Waals surface area contributed by atoms with E-state index >= 15 is 0 Å². The van der Waals surface area contributed by atoms with E-state index in [1.54, 1.807) is 12.4 Å². The molecule has 1 aliphatic heterocycles. The third kappa shape index (κ3) is 3.85. The number of para-hydroxylation sites is 1. The summed E-state index contributed by atoms with van der Waals surface area (Å²) < 4.78 is 0. The highest BCUT2D eigenvalue weighted by Crippen LogP contribution is 2.32. The fourth-order valence-electron chi connectivity index (χ4n) is 3.51. The van der Waals surface area contributed by atoms with Crippen LogP contribution in [-0.2, 0) is 12.8 Å². The minimum atomic E-state index is -0.0647. The Morgan fingerprint density at radius 2 is 1.86 bits per heavy atom. The van der Waals surface area contributed by atoms with Crippen molar-refractivity contribution in [2.45, 2.75) is 25.8 Å². The van der Waals surface area contributed by atoms with Gasteiger partial charge in [0.15, 0.2) is 0 Å². The first kappa shape index (κ1) is 18.4. The van der Waals surface area contributed by atoms with Crippen LogP contribution in [0.1, 0.15) is 28.4 Å². The average molecular weight is 393 g/mol. The van der Waals surface area contributed by atoms with E-state index in [-0.39, 0.29) is 11.9 Å². The van der Waals surface area contributed by atoms with E-state index in [0.717, 1.165) is 23.6 Å². The molecule has 1 N–H and O–H groups in total. The molecule has 1 unspecified atom stereocenters. The molecule has 28 heavy (non-hydrogen) atoms. The van der Waals surface area contributed by atoms with E-state index in [1.165, 1.54) is 11.1 Å². The van der Waals surface area contributed by atoms with E-state index in [4.69, 9.17) is 11.6 Å². The SMILES string of the molecule is CC1Cc2ccccc2N1C(=O)c1cnc(NCCc2ccc(Cl)cc2)nc1. The molecule has 1 aliphatic rings. The molecule has 1 aromatic heterocycles. The molecule has 2 aromatic carbocycles. The molecule has 3 aromatic rings. The molecule has 1 atom stereocenters. The van der Waals surface area contributed by atoms with Crippen molar-refractivity contribution in [1.29, 1.82) is 0 Å². The number of aromatic nitrogens is 2. The molecule has 5 nitrogen and oxygen atoms in total. The summed E-state index contributed by atoms with van der Waals surface area (Å²) in [7, 11) is 0. The van der Waals surface area contributed by atoms with Gasteiger partial charge in [-0.05, 0) is 49.1 Å². The van der Waals surface area contributed by atoms with Crippen LogP contribution in [0.2, 0.25) is 5.02 Å². The summed E-state index contributed by atoms with van der Waals surface area (Å²) in [5.74, 6) is 0.450. The van der Waals surface area contributed by atoms with Gasteiger partial charge in [0.1, 0.15) is 0 Å². The quantitative estimate of drug-likeness (QED) is 0.700. The second kappa shape index (κ2) is 7.98. The number of rotatable bonds is 5. The van der Waals surface area contributed by atoms with Gasteiger partial charge in [0.05, 0.1) is 5.56 Å². The maximum absolute atomic E-state index is 13.0. The standard InChI is InChI=1S/C22H21ClN4O/c1-15-12-17-4-2-3-5-20(17)27(15)21(28)18-13-25-22(26-14-18)24-11-10-16-6-8-19(23)9-7-16/h2-9,13-15H,10-12H2,1H3,(H,24,25,26). The Morgan fingerprint density at radius 3 is 2.61 bits per heavy atom. The number of benzene rings is 2. The van der Waals surface area contributed by atoms with Gasteiger partial charge < -0.3 is 10.2 Å². The summed E-state index contributed by atoms with van der Waals surface area (Å²) >= 11 is 5.90. The number of hydrogen-bond acceptors (Lipinski definition) is 4. The van der Waals surface area contributed by atoms with Crippen LogP contribution < -0.4 is 10.2 Å². The summed E-state index contributed by atoms with van der Waals surface area (Å²) in [4.78, 5) is 23.4. The largest absolute Gasteiger partial charge is 0.354 e. The summed E-state index contributed by atoms with van der Waals surface area (Å²) in [5, 5.41) is 3.92. The fourth-order valence-corrected chi connectivity index (χ4v) is 3.64. The van der Waals surface area contributed by atoms with Crippen molar-refractivity contribution in [3.05, 3.63) is 82.6 Å². The molecule has 2 heterocycles. The maximum atomic E-state index is 13.0. The number of nitrogens with zero attached hydrogens (tertiary/aromatic N) is 3. The van der Waals surface area contributed by atoms with Gasteiger partial charge in [0.25, 0.3) is 5.91 Å². The molecule has 0 spiro atoms. The Hall–Kier alpha value is -2.92. The minimum absolute atomic E-state index is 0.0647. The van der Waals surface area contributed by atoms with E-state index < -0.39 is 0 Å². The van der Waals surface area contributed by atoms with E-state index in [2.05, 4.69) is 28.3 Å². The fraction of sp³-hybridized carbons (Fsp3) is 0.227. The number of anilines is 2. The third-order valence-corrected chi connectivity index (χ3v) is 5.19. The van der Waals surface area contributed by atoms with Gasteiger partial charge in [-0.1, -0.05) is 41.9 Å². The first-order valence-corrected chi connectivity index (χ1v) is 9.71. The smallest absolute Gasteiger partial charge is 0.261 e. The van der Waals surface area contributed by atoms with Gasteiger partial charge in [-0.25, -0.2) is 9.97 Å². The Bertz CT molecular complexity index is 973. The summed E-state index contributed by atoms with van der Waals surface area (Å²) in [6.45, 7) is 2.76. The van der Waals surface area contributed by atoms with Crippen LogP contribution in [0.5, 0.6) is 0 Å². The Morgan fingerprint density at radius 1 is 1.14 bits per heavy atom. The van der Waals surface area contributed by atoms with Crippen molar-refractivity contribution >= 4 is 29.1 Å². The molecule has 4 rings (SSSR count). The van der Waals surface area contributed by atoms with Crippen LogP contribution in [0.3, 0.4) is 0 Å². The Labute approximate surface area is 169 Å². The zero-order valence-corrected chi connectivity index (χ0v) is 16.4. The average Bonchev–Trinajstić information content (AvgIpc) is 3.05. The number of amides is 1. The highest BCUT2D eigenvalue weighted by atomic mass is 35.5. The highest BCUT2D eigenvalue weighted by Gasteiger charge is 2.31. The van der Waals surface area contributed by atoms with Crippen molar-refractivity contribution < 1.29 is 4.79 Å². The topological polar surface area (TPSA) is 58.1 Å². The first-order chi connectivity index (χ1) is 13.6. The van der Waals surface area contributed by atoms with Gasteiger partial charge in [0, 0.05) is 35.7 Å². The number of nitrogens with one attached hydrogen (secondary N) is 1. The third-order valence-electron chi connectivity index (χ3n) is 4.93. The van der Waals surface area contributed by atoms with Gasteiger partial charge in [-0.2, -0.15) is 0 Å². The maximum Gasteiger partial charge on any atom is 0.261 e. The van der Waals surface area contributed by atoms with Crippen LogP contribution >= 0.6 is 11.6 Å². The number of carbonyl (C=O) groups is 1. The van der Waals surface area contributed by atoms with Crippen molar-refractivity contribution in [3.8, 4) is 0 Å². The van der Waals surface area contributed by atoms with Crippen LogP contribution in [0, 0.1) is 0 Å². The number of halogens is 1. The molecule has 0 saturated heterocycles. The monoisotopic (exact) mass is 392 g/mol. The highest BCUT2D eigenvalue weighted by molar-refractivity contribution is 6.30. The van der Waals surface area contributed by atoms with Gasteiger partial charge >= 0.3 is 0 Å². The van der Waals surface area contributed by atoms with E-state index in [1.807, 2.05) is 47.4 Å². The van der Waals surface area contributed by atoms with Crippen molar-refractivity contribution in [1.82, 2.24) is 9.97 Å². The number of hydrogen-bond donors (Lipinski definition) is 1.